The van der Waals surface area contributed by atoms with Crippen LogP contribution in [0.5, 0.6) is 0 Å². The van der Waals surface area contributed by atoms with Crippen LogP contribution in [0.4, 0.5) is 5.69 Å². The second-order valence-corrected chi connectivity index (χ2v) is 7.21. The molecule has 1 aromatic rings. The summed E-state index contributed by atoms with van der Waals surface area (Å²) >= 11 is 0. The highest BCUT2D eigenvalue weighted by Crippen LogP contribution is 2.32. The minimum Gasteiger partial charge on any atom is -0.388 e. The first-order valence-electron chi connectivity index (χ1n) is 9.35. The molecule has 0 spiro atoms. The second-order valence-electron chi connectivity index (χ2n) is 7.21. The van der Waals surface area contributed by atoms with Crippen LogP contribution in [0.15, 0.2) is 54.7 Å². The molecule has 1 aromatic carbocycles. The number of allylic oxidation sites excluding steroid dienone is 5. The lowest BCUT2D eigenvalue weighted by molar-refractivity contribution is 0.599. The Balaban J connectivity index is 3.11. The van der Waals surface area contributed by atoms with Crippen molar-refractivity contribution in [3.8, 4) is 0 Å². The van der Waals surface area contributed by atoms with Gasteiger partial charge in [-0.3, -0.25) is 0 Å². The average Bonchev–Trinajstić information content (AvgIpc) is 2.58. The van der Waals surface area contributed by atoms with Gasteiger partial charge >= 0.3 is 0 Å². The molecule has 0 fully saturated rings. The van der Waals surface area contributed by atoms with Gasteiger partial charge < -0.3 is 5.32 Å². The monoisotopic (exact) mass is 337 g/mol. The molecule has 0 aliphatic heterocycles. The van der Waals surface area contributed by atoms with Crippen LogP contribution in [0, 0.1) is 5.92 Å². The highest BCUT2D eigenvalue weighted by Gasteiger charge is 2.11. The van der Waals surface area contributed by atoms with Crippen molar-refractivity contribution >= 4 is 17.3 Å². The van der Waals surface area contributed by atoms with Crippen LogP contribution in [-0.4, -0.2) is 7.05 Å². The quantitative estimate of drug-likeness (QED) is 0.344. The van der Waals surface area contributed by atoms with Gasteiger partial charge in [-0.05, 0) is 62.7 Å². The summed E-state index contributed by atoms with van der Waals surface area (Å²) in [6.07, 6.45) is 10.9. The molecule has 0 aromatic heterocycles. The minimum absolute atomic E-state index is 0.706. The third-order valence-electron chi connectivity index (χ3n) is 4.40. The predicted molar refractivity (Wildman–Crippen MR) is 116 cm³/mol. The summed E-state index contributed by atoms with van der Waals surface area (Å²) in [7, 11) is 1.99. The van der Waals surface area contributed by atoms with Crippen molar-refractivity contribution < 1.29 is 0 Å². The van der Waals surface area contributed by atoms with E-state index in [1.807, 2.05) is 7.05 Å². The number of benzene rings is 1. The van der Waals surface area contributed by atoms with Crippen molar-refractivity contribution in [3.05, 3.63) is 65.8 Å². The Morgan fingerprint density at radius 2 is 1.88 bits per heavy atom. The fourth-order valence-electron chi connectivity index (χ4n) is 2.80. The Morgan fingerprint density at radius 3 is 2.44 bits per heavy atom. The fraction of sp³-hybridized carbons (Fsp3) is 0.417. The average molecular weight is 338 g/mol. The number of nitrogens with one attached hydrogen (secondary N) is 1. The minimum atomic E-state index is 0.706. The summed E-state index contributed by atoms with van der Waals surface area (Å²) in [5.74, 6) is 0.706. The zero-order chi connectivity index (χ0) is 18.8. The van der Waals surface area contributed by atoms with Crippen molar-refractivity contribution in [2.75, 3.05) is 12.4 Å². The Labute approximate surface area is 155 Å². The third kappa shape index (κ3) is 7.17. The first-order valence-corrected chi connectivity index (χ1v) is 9.35. The highest BCUT2D eigenvalue weighted by molar-refractivity contribution is 5.83. The number of hydrogen-bond acceptors (Lipinski definition) is 1. The molecule has 0 heterocycles. The molecule has 0 atom stereocenters. The van der Waals surface area contributed by atoms with Crippen LogP contribution in [0.25, 0.3) is 11.6 Å². The van der Waals surface area contributed by atoms with E-state index in [0.29, 0.717) is 5.92 Å². The van der Waals surface area contributed by atoms with E-state index in [1.165, 1.54) is 34.4 Å². The van der Waals surface area contributed by atoms with E-state index in [0.717, 1.165) is 24.8 Å². The van der Waals surface area contributed by atoms with Gasteiger partial charge in [0.1, 0.15) is 0 Å². The molecule has 0 amide bonds. The Kier molecular flexibility index (Phi) is 9.05. The van der Waals surface area contributed by atoms with E-state index in [1.54, 1.807) is 0 Å². The molecule has 1 heteroatoms. The van der Waals surface area contributed by atoms with E-state index in [2.05, 4.69) is 82.6 Å². The lowest BCUT2D eigenvalue weighted by atomic mass is 9.91. The van der Waals surface area contributed by atoms with Gasteiger partial charge in [-0.25, -0.2) is 0 Å². The van der Waals surface area contributed by atoms with Gasteiger partial charge in [-0.2, -0.15) is 0 Å². The molecular weight excluding hydrogens is 302 g/mol. The first kappa shape index (κ1) is 21.0. The maximum Gasteiger partial charge on any atom is 0.0419 e. The smallest absolute Gasteiger partial charge is 0.0419 e. The van der Waals surface area contributed by atoms with Crippen molar-refractivity contribution in [1.82, 2.24) is 0 Å². The van der Waals surface area contributed by atoms with Crippen molar-refractivity contribution in [3.63, 3.8) is 0 Å². The van der Waals surface area contributed by atoms with Gasteiger partial charge in [0.15, 0.2) is 0 Å². The Morgan fingerprint density at radius 1 is 1.16 bits per heavy atom. The molecule has 0 aliphatic carbocycles. The molecule has 0 saturated carbocycles. The van der Waals surface area contributed by atoms with E-state index in [9.17, 15) is 0 Å². The maximum absolute atomic E-state index is 4.18. The van der Waals surface area contributed by atoms with Gasteiger partial charge in [0.2, 0.25) is 0 Å². The molecule has 1 N–H and O–H groups in total. The lowest BCUT2D eigenvalue weighted by Crippen LogP contribution is -1.99. The summed E-state index contributed by atoms with van der Waals surface area (Å²) in [6.45, 7) is 16.9. The van der Waals surface area contributed by atoms with Crippen LogP contribution in [-0.2, 0) is 0 Å². The number of hydrogen-bond donors (Lipinski definition) is 1. The van der Waals surface area contributed by atoms with Crippen molar-refractivity contribution in [1.29, 1.82) is 0 Å². The summed E-state index contributed by atoms with van der Waals surface area (Å²) in [6, 6.07) is 6.46. The fourth-order valence-corrected chi connectivity index (χ4v) is 2.80. The second kappa shape index (κ2) is 10.8. The zero-order valence-electron chi connectivity index (χ0n) is 16.8. The standard InChI is InChI=1S/C24H35N/c1-8-21(16-13-19(4)5)24-22(10-9-11-23(24)25-7)17-15-20(6)14-12-18(2)3/h8-11,15,17,19,25H,2,6,12-14,16H2,1,3-5,7H3/b17-15-,21-8-. The van der Waals surface area contributed by atoms with Gasteiger partial charge in [0, 0.05) is 18.3 Å². The van der Waals surface area contributed by atoms with Crippen LogP contribution < -0.4 is 5.32 Å². The summed E-state index contributed by atoms with van der Waals surface area (Å²) < 4.78 is 0. The molecule has 0 unspecified atom stereocenters. The number of rotatable bonds is 10. The topological polar surface area (TPSA) is 12.0 Å². The van der Waals surface area contributed by atoms with Gasteiger partial charge in [-0.15, -0.1) is 6.58 Å². The molecular formula is C24H35N. The molecule has 1 nitrogen and oxygen atoms in total. The van der Waals surface area contributed by atoms with E-state index < -0.39 is 0 Å². The van der Waals surface area contributed by atoms with Crippen LogP contribution in [0.3, 0.4) is 0 Å². The van der Waals surface area contributed by atoms with Crippen molar-refractivity contribution in [2.45, 2.75) is 53.4 Å². The van der Waals surface area contributed by atoms with E-state index >= 15 is 0 Å². The SMILES string of the molecule is C=C(C)CCC(=C)/C=C\c1cccc(NC)c1/C(=C\C)CCC(C)C. The number of anilines is 1. The Hall–Kier alpha value is -2.02. The zero-order valence-corrected chi connectivity index (χ0v) is 16.8. The molecule has 136 valence electrons. The molecule has 1 rings (SSSR count). The molecule has 0 saturated heterocycles. The van der Waals surface area contributed by atoms with Gasteiger partial charge in [0.05, 0.1) is 0 Å². The summed E-state index contributed by atoms with van der Waals surface area (Å²) in [4.78, 5) is 0. The van der Waals surface area contributed by atoms with Crippen LogP contribution >= 0.6 is 0 Å². The van der Waals surface area contributed by atoms with Crippen LogP contribution in [0.2, 0.25) is 0 Å². The molecule has 0 bridgehead atoms. The lowest BCUT2D eigenvalue weighted by Gasteiger charge is -2.17. The summed E-state index contributed by atoms with van der Waals surface area (Å²) in [5, 5.41) is 3.36. The maximum atomic E-state index is 4.18. The molecule has 0 aliphatic rings. The van der Waals surface area contributed by atoms with Gasteiger partial charge in [0.25, 0.3) is 0 Å². The van der Waals surface area contributed by atoms with Crippen LogP contribution in [0.1, 0.15) is 64.5 Å². The molecule has 25 heavy (non-hydrogen) atoms. The normalized spacial score (nSPS) is 12.0. The van der Waals surface area contributed by atoms with E-state index in [-0.39, 0.29) is 0 Å². The summed E-state index contributed by atoms with van der Waals surface area (Å²) in [5.41, 5.74) is 7.51. The van der Waals surface area contributed by atoms with E-state index in [4.69, 9.17) is 0 Å². The highest BCUT2D eigenvalue weighted by atomic mass is 14.8. The van der Waals surface area contributed by atoms with Gasteiger partial charge in [-0.1, -0.05) is 61.9 Å². The Bertz CT molecular complexity index is 644. The van der Waals surface area contributed by atoms with Crippen molar-refractivity contribution in [2.24, 2.45) is 5.92 Å². The first-order chi connectivity index (χ1) is 11.9. The molecule has 0 radical (unpaired) electrons. The largest absolute Gasteiger partial charge is 0.388 e. The third-order valence-corrected chi connectivity index (χ3v) is 4.40. The predicted octanol–water partition coefficient (Wildman–Crippen LogP) is 7.49.